The van der Waals surface area contributed by atoms with Crippen LogP contribution in [0.5, 0.6) is 5.75 Å². The van der Waals surface area contributed by atoms with Gasteiger partial charge in [0.05, 0.1) is 25.9 Å². The Morgan fingerprint density at radius 2 is 1.52 bits per heavy atom. The molecule has 1 unspecified atom stereocenters. The first-order chi connectivity index (χ1) is 14.8. The maximum Gasteiger partial charge on any atom is 0.122 e. The first-order valence-corrected chi connectivity index (χ1v) is 11.2. The molecule has 0 radical (unpaired) electrons. The van der Waals surface area contributed by atoms with Gasteiger partial charge in [0.2, 0.25) is 0 Å². The molecule has 0 aromatic heterocycles. The molecule has 0 aliphatic carbocycles. The van der Waals surface area contributed by atoms with Gasteiger partial charge in [0, 0.05) is 5.56 Å². The first kappa shape index (κ1) is 25.1. The van der Waals surface area contributed by atoms with Crippen LogP contribution in [0.1, 0.15) is 55.4 Å². The molecule has 0 saturated heterocycles. The smallest absolute Gasteiger partial charge is 0.122 e. The summed E-state index contributed by atoms with van der Waals surface area (Å²) in [6.45, 7) is 8.01. The van der Waals surface area contributed by atoms with Crippen LogP contribution in [0.2, 0.25) is 0 Å². The Morgan fingerprint density at radius 3 is 2.03 bits per heavy atom. The summed E-state index contributed by atoms with van der Waals surface area (Å²) < 4.78 is 5.66. The number of ether oxygens (including phenoxy) is 1. The minimum atomic E-state index is -0.913. The van der Waals surface area contributed by atoms with E-state index in [-0.39, 0.29) is 18.6 Å². The number of aryl methyl sites for hydroxylation is 3. The van der Waals surface area contributed by atoms with Gasteiger partial charge in [-0.15, -0.1) is 6.58 Å². The van der Waals surface area contributed by atoms with Crippen molar-refractivity contribution in [1.82, 2.24) is 0 Å². The van der Waals surface area contributed by atoms with Crippen LogP contribution in [-0.2, 0) is 24.7 Å². The number of nitrogens with two attached hydrogens (primary N) is 1. The summed E-state index contributed by atoms with van der Waals surface area (Å²) in [5, 5.41) is 18.7. The molecule has 0 saturated carbocycles. The average molecular weight is 426 g/mol. The average Bonchev–Trinajstić information content (AvgIpc) is 2.81. The number of hydrogen-bond acceptors (Lipinski definition) is 4. The molecular weight excluding hydrogens is 386 g/mol. The molecule has 4 N–H and O–H groups in total. The number of methoxy groups -OCH3 is 1. The molecule has 0 bridgehead atoms. The zero-order valence-electron chi connectivity index (χ0n) is 19.4. The Morgan fingerprint density at radius 1 is 0.968 bits per heavy atom. The highest BCUT2D eigenvalue weighted by molar-refractivity contribution is 5.43. The summed E-state index contributed by atoms with van der Waals surface area (Å²) in [5.41, 5.74) is 10.1. The molecule has 0 spiro atoms. The van der Waals surface area contributed by atoms with Gasteiger partial charge in [-0.2, -0.15) is 0 Å². The summed E-state index contributed by atoms with van der Waals surface area (Å²) >= 11 is 0. The van der Waals surface area contributed by atoms with Crippen LogP contribution in [0.4, 0.5) is 0 Å². The van der Waals surface area contributed by atoms with Crippen molar-refractivity contribution in [2.75, 3.05) is 20.3 Å². The van der Waals surface area contributed by atoms with Crippen molar-refractivity contribution in [3.8, 4) is 5.75 Å². The van der Waals surface area contributed by atoms with Gasteiger partial charge in [-0.1, -0.05) is 56.3 Å². The van der Waals surface area contributed by atoms with Gasteiger partial charge in [0.1, 0.15) is 5.75 Å². The van der Waals surface area contributed by atoms with Crippen LogP contribution in [0.15, 0.2) is 55.1 Å². The number of rotatable bonds is 13. The van der Waals surface area contributed by atoms with E-state index in [1.165, 1.54) is 16.7 Å². The quantitative estimate of drug-likeness (QED) is 0.417. The van der Waals surface area contributed by atoms with E-state index in [2.05, 4.69) is 62.9 Å². The molecule has 2 aromatic carbocycles. The van der Waals surface area contributed by atoms with Crippen LogP contribution in [0.3, 0.4) is 0 Å². The minimum Gasteiger partial charge on any atom is -0.496 e. The van der Waals surface area contributed by atoms with E-state index in [1.54, 1.807) is 7.11 Å². The van der Waals surface area contributed by atoms with Crippen LogP contribution < -0.4 is 10.5 Å². The fourth-order valence-corrected chi connectivity index (χ4v) is 3.91. The molecule has 1 atom stereocenters. The standard InChI is InChI=1S/C27H39NO3/c1-5-16-26(3,6-2)24-18-23(13-14-25(24)31-4)12-11-21-7-9-22(10-8-21)15-17-27(28,19-29)20-30/h5,7-10,13-14,18,29-30H,1,6,11-12,15-17,19-20,28H2,2-4H3. The predicted molar refractivity (Wildman–Crippen MR) is 129 cm³/mol. The molecular formula is C27H39NO3. The molecule has 0 heterocycles. The van der Waals surface area contributed by atoms with Crippen LogP contribution in [0, 0.1) is 0 Å². The van der Waals surface area contributed by atoms with Crippen molar-refractivity contribution in [2.45, 2.75) is 63.3 Å². The van der Waals surface area contributed by atoms with Crippen molar-refractivity contribution < 1.29 is 14.9 Å². The van der Waals surface area contributed by atoms with Gasteiger partial charge in [-0.05, 0) is 66.7 Å². The number of aliphatic hydroxyl groups excluding tert-OH is 2. The lowest BCUT2D eigenvalue weighted by molar-refractivity contribution is 0.115. The molecule has 0 amide bonds. The Balaban J connectivity index is 2.06. The van der Waals surface area contributed by atoms with Gasteiger partial charge in [-0.3, -0.25) is 0 Å². The maximum absolute atomic E-state index is 9.34. The van der Waals surface area contributed by atoms with E-state index < -0.39 is 5.54 Å². The molecule has 0 aliphatic heterocycles. The molecule has 2 aromatic rings. The van der Waals surface area contributed by atoms with Gasteiger partial charge >= 0.3 is 0 Å². The van der Waals surface area contributed by atoms with Gasteiger partial charge in [-0.25, -0.2) is 0 Å². The van der Waals surface area contributed by atoms with Gasteiger partial charge < -0.3 is 20.7 Å². The third-order valence-corrected chi connectivity index (χ3v) is 6.56. The minimum absolute atomic E-state index is 0.0199. The molecule has 0 fully saturated rings. The van der Waals surface area contributed by atoms with E-state index in [0.717, 1.165) is 43.4 Å². The molecule has 4 nitrogen and oxygen atoms in total. The summed E-state index contributed by atoms with van der Waals surface area (Å²) in [6, 6.07) is 15.1. The Hall–Kier alpha value is -2.14. The second-order valence-corrected chi connectivity index (χ2v) is 8.94. The highest BCUT2D eigenvalue weighted by atomic mass is 16.5. The lowest BCUT2D eigenvalue weighted by atomic mass is 9.76. The molecule has 31 heavy (non-hydrogen) atoms. The highest BCUT2D eigenvalue weighted by Crippen LogP contribution is 2.38. The number of aliphatic hydroxyl groups is 2. The van der Waals surface area contributed by atoms with E-state index in [9.17, 15) is 10.2 Å². The van der Waals surface area contributed by atoms with Crippen molar-refractivity contribution in [2.24, 2.45) is 5.73 Å². The second-order valence-electron chi connectivity index (χ2n) is 8.94. The first-order valence-electron chi connectivity index (χ1n) is 11.2. The summed E-state index contributed by atoms with van der Waals surface area (Å²) in [6.07, 6.45) is 7.15. The fourth-order valence-electron chi connectivity index (χ4n) is 3.91. The summed E-state index contributed by atoms with van der Waals surface area (Å²) in [4.78, 5) is 0. The zero-order chi connectivity index (χ0) is 22.9. The zero-order valence-corrected chi connectivity index (χ0v) is 19.4. The lowest BCUT2D eigenvalue weighted by Crippen LogP contribution is -2.47. The largest absolute Gasteiger partial charge is 0.496 e. The van der Waals surface area contributed by atoms with Crippen molar-refractivity contribution in [1.29, 1.82) is 0 Å². The summed E-state index contributed by atoms with van der Waals surface area (Å²) in [5.74, 6) is 0.945. The van der Waals surface area contributed by atoms with Gasteiger partial charge in [0.25, 0.3) is 0 Å². The third-order valence-electron chi connectivity index (χ3n) is 6.56. The number of hydrogen-bond donors (Lipinski definition) is 3. The maximum atomic E-state index is 9.34. The topological polar surface area (TPSA) is 75.7 Å². The van der Waals surface area contributed by atoms with Crippen LogP contribution >= 0.6 is 0 Å². The lowest BCUT2D eigenvalue weighted by Gasteiger charge is -2.30. The van der Waals surface area contributed by atoms with E-state index in [4.69, 9.17) is 10.5 Å². The van der Waals surface area contributed by atoms with Crippen LogP contribution in [0.25, 0.3) is 0 Å². The molecule has 4 heteroatoms. The molecule has 170 valence electrons. The Kier molecular flexibility index (Phi) is 9.30. The van der Waals surface area contributed by atoms with Crippen molar-refractivity contribution >= 4 is 0 Å². The van der Waals surface area contributed by atoms with Crippen molar-refractivity contribution in [3.63, 3.8) is 0 Å². The third kappa shape index (κ3) is 6.67. The normalized spacial score (nSPS) is 13.6. The highest BCUT2D eigenvalue weighted by Gasteiger charge is 2.27. The second kappa shape index (κ2) is 11.5. The summed E-state index contributed by atoms with van der Waals surface area (Å²) in [7, 11) is 1.74. The number of benzene rings is 2. The van der Waals surface area contributed by atoms with Crippen molar-refractivity contribution in [3.05, 3.63) is 77.4 Å². The predicted octanol–water partition coefficient (Wildman–Crippen LogP) is 4.34. The Bertz CT molecular complexity index is 827. The van der Waals surface area contributed by atoms with E-state index in [0.29, 0.717) is 6.42 Å². The number of allylic oxidation sites excluding steroid dienone is 1. The van der Waals surface area contributed by atoms with E-state index in [1.807, 2.05) is 6.08 Å². The Labute approximate surface area is 187 Å². The van der Waals surface area contributed by atoms with Crippen LogP contribution in [-0.4, -0.2) is 36.1 Å². The monoisotopic (exact) mass is 425 g/mol. The van der Waals surface area contributed by atoms with E-state index >= 15 is 0 Å². The fraction of sp³-hybridized carbons (Fsp3) is 0.481. The molecule has 0 aliphatic rings. The van der Waals surface area contributed by atoms with Gasteiger partial charge in [0.15, 0.2) is 0 Å². The SMILES string of the molecule is C=CCC(C)(CC)c1cc(CCc2ccc(CCC(N)(CO)CO)cc2)ccc1OC. The molecule has 2 rings (SSSR count).